The molecule has 0 saturated carbocycles. The van der Waals surface area contributed by atoms with Crippen LogP contribution in [0.25, 0.3) is 10.9 Å². The minimum absolute atomic E-state index is 0.121. The van der Waals surface area contributed by atoms with Crippen LogP contribution in [0.2, 0.25) is 0 Å². The lowest BCUT2D eigenvalue weighted by Crippen LogP contribution is -2.60. The van der Waals surface area contributed by atoms with Gasteiger partial charge >= 0.3 is 0 Å². The van der Waals surface area contributed by atoms with E-state index in [0.29, 0.717) is 18.9 Å². The fourth-order valence-corrected chi connectivity index (χ4v) is 2.67. The van der Waals surface area contributed by atoms with E-state index in [1.54, 1.807) is 0 Å². The first kappa shape index (κ1) is 13.8. The lowest BCUT2D eigenvalue weighted by molar-refractivity contribution is -0.140. The van der Waals surface area contributed by atoms with Crippen molar-refractivity contribution < 1.29 is 4.79 Å². The van der Waals surface area contributed by atoms with Crippen LogP contribution in [0.1, 0.15) is 19.4 Å². The fraction of sp³-hybridized carbons (Fsp3) is 0.400. The predicted octanol–water partition coefficient (Wildman–Crippen LogP) is 0.922. The lowest BCUT2D eigenvalue weighted by atomic mass is 10.00. The Balaban J connectivity index is 1.86. The molecule has 2 aromatic rings. The van der Waals surface area contributed by atoms with Gasteiger partial charge in [-0.25, -0.2) is 9.97 Å². The molecule has 1 amide bonds. The molecule has 0 aliphatic carbocycles. The standard InChI is InChI=1S/C15H19N5O/c1-15(2)14(21)20(6-5-19-15)8-10-3-4-11-12(7-10)17-9-18-13(11)16/h3-4,7,9,19H,5-6,8H2,1-2H3,(H2,16,17,18). The number of hydrogen-bond donors (Lipinski definition) is 2. The molecule has 0 spiro atoms. The third-order valence-corrected chi connectivity index (χ3v) is 3.88. The minimum Gasteiger partial charge on any atom is -0.383 e. The third-order valence-electron chi connectivity index (χ3n) is 3.88. The van der Waals surface area contributed by atoms with Gasteiger partial charge in [0, 0.05) is 25.0 Å². The van der Waals surface area contributed by atoms with Crippen LogP contribution in [-0.4, -0.2) is 39.4 Å². The Bertz CT molecular complexity index is 698. The number of anilines is 1. The second-order valence-corrected chi connectivity index (χ2v) is 5.89. The molecule has 0 radical (unpaired) electrons. The number of carbonyl (C=O) groups is 1. The zero-order chi connectivity index (χ0) is 15.0. The van der Waals surface area contributed by atoms with E-state index < -0.39 is 5.54 Å². The largest absolute Gasteiger partial charge is 0.383 e. The van der Waals surface area contributed by atoms with E-state index >= 15 is 0 Å². The van der Waals surface area contributed by atoms with Gasteiger partial charge in [-0.05, 0) is 31.5 Å². The Labute approximate surface area is 123 Å². The summed E-state index contributed by atoms with van der Waals surface area (Å²) < 4.78 is 0. The zero-order valence-electron chi connectivity index (χ0n) is 12.3. The first-order chi connectivity index (χ1) is 9.97. The van der Waals surface area contributed by atoms with Crippen molar-refractivity contribution in [3.05, 3.63) is 30.1 Å². The summed E-state index contributed by atoms with van der Waals surface area (Å²) in [4.78, 5) is 22.5. The molecule has 0 bridgehead atoms. The molecule has 1 aliphatic heterocycles. The highest BCUT2D eigenvalue weighted by atomic mass is 16.2. The number of benzene rings is 1. The molecule has 2 heterocycles. The number of aromatic nitrogens is 2. The Kier molecular flexibility index (Phi) is 3.25. The molecular weight excluding hydrogens is 266 g/mol. The zero-order valence-corrected chi connectivity index (χ0v) is 12.3. The van der Waals surface area contributed by atoms with E-state index in [1.807, 2.05) is 36.9 Å². The maximum absolute atomic E-state index is 12.4. The molecule has 1 fully saturated rings. The van der Waals surface area contributed by atoms with Crippen LogP contribution in [0.4, 0.5) is 5.82 Å². The summed E-state index contributed by atoms with van der Waals surface area (Å²) >= 11 is 0. The van der Waals surface area contributed by atoms with Crippen LogP contribution in [0, 0.1) is 0 Å². The quantitative estimate of drug-likeness (QED) is 0.857. The second-order valence-electron chi connectivity index (χ2n) is 5.89. The molecule has 1 aliphatic rings. The van der Waals surface area contributed by atoms with Gasteiger partial charge in [0.1, 0.15) is 12.1 Å². The first-order valence-corrected chi connectivity index (χ1v) is 7.01. The fourth-order valence-electron chi connectivity index (χ4n) is 2.67. The molecule has 1 saturated heterocycles. The minimum atomic E-state index is -0.498. The van der Waals surface area contributed by atoms with Gasteiger partial charge in [-0.3, -0.25) is 4.79 Å². The highest BCUT2D eigenvalue weighted by Crippen LogP contribution is 2.20. The normalized spacial score (nSPS) is 18.2. The Hall–Kier alpha value is -2.21. The number of piperazine rings is 1. The van der Waals surface area contributed by atoms with Gasteiger partial charge in [0.05, 0.1) is 11.1 Å². The molecule has 110 valence electrons. The number of nitrogens with two attached hydrogens (primary N) is 1. The topological polar surface area (TPSA) is 84.1 Å². The number of carbonyl (C=O) groups excluding carboxylic acids is 1. The maximum atomic E-state index is 12.4. The van der Waals surface area contributed by atoms with Crippen LogP contribution in [-0.2, 0) is 11.3 Å². The SMILES string of the molecule is CC1(C)NCCN(Cc2ccc3c(N)ncnc3c2)C1=O. The van der Waals surface area contributed by atoms with Crippen LogP contribution in [0.5, 0.6) is 0 Å². The van der Waals surface area contributed by atoms with Gasteiger partial charge in [0.25, 0.3) is 0 Å². The summed E-state index contributed by atoms with van der Waals surface area (Å²) in [6.07, 6.45) is 1.46. The molecule has 6 nitrogen and oxygen atoms in total. The number of fused-ring (bicyclic) bond motifs is 1. The van der Waals surface area contributed by atoms with Gasteiger partial charge in [0.15, 0.2) is 0 Å². The second kappa shape index (κ2) is 4.96. The Morgan fingerprint density at radius 2 is 2.19 bits per heavy atom. The van der Waals surface area contributed by atoms with E-state index in [2.05, 4.69) is 15.3 Å². The van der Waals surface area contributed by atoms with Crippen LogP contribution in [0.15, 0.2) is 24.5 Å². The molecular formula is C15H19N5O. The van der Waals surface area contributed by atoms with Gasteiger partial charge in [-0.15, -0.1) is 0 Å². The van der Waals surface area contributed by atoms with E-state index in [1.165, 1.54) is 6.33 Å². The number of hydrogen-bond acceptors (Lipinski definition) is 5. The van der Waals surface area contributed by atoms with E-state index in [4.69, 9.17) is 5.73 Å². The Morgan fingerprint density at radius 1 is 1.38 bits per heavy atom. The number of rotatable bonds is 2. The van der Waals surface area contributed by atoms with Gasteiger partial charge in [-0.1, -0.05) is 6.07 Å². The smallest absolute Gasteiger partial charge is 0.242 e. The molecule has 1 aromatic carbocycles. The highest BCUT2D eigenvalue weighted by molar-refractivity contribution is 5.88. The third kappa shape index (κ3) is 2.54. The molecule has 3 rings (SSSR count). The molecule has 3 N–H and O–H groups in total. The van der Waals surface area contributed by atoms with Crippen molar-refractivity contribution in [2.24, 2.45) is 0 Å². The first-order valence-electron chi connectivity index (χ1n) is 7.01. The van der Waals surface area contributed by atoms with Crippen LogP contribution >= 0.6 is 0 Å². The summed E-state index contributed by atoms with van der Waals surface area (Å²) in [5.41, 5.74) is 7.18. The number of nitrogen functional groups attached to an aromatic ring is 1. The Morgan fingerprint density at radius 3 is 3.00 bits per heavy atom. The summed E-state index contributed by atoms with van der Waals surface area (Å²) in [6, 6.07) is 5.86. The maximum Gasteiger partial charge on any atom is 0.242 e. The predicted molar refractivity (Wildman–Crippen MR) is 81.4 cm³/mol. The summed E-state index contributed by atoms with van der Waals surface area (Å²) in [6.45, 7) is 5.93. The van der Waals surface area contributed by atoms with Crippen molar-refractivity contribution in [2.75, 3.05) is 18.8 Å². The van der Waals surface area contributed by atoms with E-state index in [-0.39, 0.29) is 5.91 Å². The number of nitrogens with one attached hydrogen (secondary N) is 1. The molecule has 0 atom stereocenters. The van der Waals surface area contributed by atoms with Crippen molar-refractivity contribution in [3.63, 3.8) is 0 Å². The van der Waals surface area contributed by atoms with E-state index in [0.717, 1.165) is 23.0 Å². The van der Waals surface area contributed by atoms with E-state index in [9.17, 15) is 4.79 Å². The average Bonchev–Trinajstić information content (AvgIpc) is 2.44. The van der Waals surface area contributed by atoms with Crippen LogP contribution in [0.3, 0.4) is 0 Å². The lowest BCUT2D eigenvalue weighted by Gasteiger charge is -2.38. The van der Waals surface area contributed by atoms with Crippen molar-refractivity contribution in [1.82, 2.24) is 20.2 Å². The molecule has 6 heteroatoms. The highest BCUT2D eigenvalue weighted by Gasteiger charge is 2.34. The van der Waals surface area contributed by atoms with Crippen LogP contribution < -0.4 is 11.1 Å². The number of amides is 1. The van der Waals surface area contributed by atoms with Gasteiger partial charge < -0.3 is 16.0 Å². The van der Waals surface area contributed by atoms with Gasteiger partial charge in [0.2, 0.25) is 5.91 Å². The molecule has 21 heavy (non-hydrogen) atoms. The monoisotopic (exact) mass is 285 g/mol. The van der Waals surface area contributed by atoms with Gasteiger partial charge in [-0.2, -0.15) is 0 Å². The van der Waals surface area contributed by atoms with Crippen molar-refractivity contribution in [3.8, 4) is 0 Å². The average molecular weight is 285 g/mol. The number of nitrogens with zero attached hydrogens (tertiary/aromatic N) is 3. The van der Waals surface area contributed by atoms with Crippen molar-refractivity contribution >= 4 is 22.6 Å². The molecule has 0 unspecified atom stereocenters. The van der Waals surface area contributed by atoms with Crippen molar-refractivity contribution in [2.45, 2.75) is 25.9 Å². The summed E-state index contributed by atoms with van der Waals surface area (Å²) in [5, 5.41) is 4.07. The van der Waals surface area contributed by atoms with Crippen molar-refractivity contribution in [1.29, 1.82) is 0 Å². The summed E-state index contributed by atoms with van der Waals surface area (Å²) in [5.74, 6) is 0.599. The molecule has 1 aromatic heterocycles. The summed E-state index contributed by atoms with van der Waals surface area (Å²) in [7, 11) is 0.